The molecule has 4 aromatic rings. The molecule has 0 atom stereocenters. The van der Waals surface area contributed by atoms with E-state index in [0.29, 0.717) is 22.2 Å². The maximum atomic E-state index is 12.5. The first kappa shape index (κ1) is 18.9. The minimum Gasteiger partial charge on any atom is -0.297 e. The summed E-state index contributed by atoms with van der Waals surface area (Å²) in [5.74, 6) is 0.234. The van der Waals surface area contributed by atoms with Crippen LogP contribution in [-0.2, 0) is 0 Å². The van der Waals surface area contributed by atoms with E-state index in [1.165, 1.54) is 0 Å². The third-order valence-corrected chi connectivity index (χ3v) is 5.40. The van der Waals surface area contributed by atoms with Crippen LogP contribution in [0.15, 0.2) is 42.5 Å². The molecule has 0 unspecified atom stereocenters. The van der Waals surface area contributed by atoms with Crippen LogP contribution < -0.4 is 5.32 Å². The van der Waals surface area contributed by atoms with Crippen molar-refractivity contribution in [1.29, 1.82) is 0 Å². The van der Waals surface area contributed by atoms with Gasteiger partial charge in [-0.05, 0) is 68.7 Å². The molecule has 1 N–H and O–H groups in total. The molecule has 29 heavy (non-hydrogen) atoms. The van der Waals surface area contributed by atoms with E-state index < -0.39 is 0 Å². The Balaban J connectivity index is 1.56. The van der Waals surface area contributed by atoms with Gasteiger partial charge in [-0.2, -0.15) is 9.36 Å². The van der Waals surface area contributed by atoms with E-state index in [4.69, 9.17) is 0 Å². The van der Waals surface area contributed by atoms with Crippen molar-refractivity contribution in [1.82, 2.24) is 24.4 Å². The maximum absolute atomic E-state index is 12.5. The Kier molecular flexibility index (Phi) is 4.94. The minimum absolute atomic E-state index is 0.212. The van der Waals surface area contributed by atoms with Crippen LogP contribution in [-0.4, -0.2) is 30.3 Å². The van der Waals surface area contributed by atoms with Crippen molar-refractivity contribution >= 4 is 22.6 Å². The van der Waals surface area contributed by atoms with Gasteiger partial charge in [-0.25, -0.2) is 4.68 Å². The minimum atomic E-state index is -0.212. The van der Waals surface area contributed by atoms with Crippen LogP contribution in [0.1, 0.15) is 32.7 Å². The van der Waals surface area contributed by atoms with Crippen molar-refractivity contribution in [3.05, 3.63) is 70.4 Å². The van der Waals surface area contributed by atoms with Crippen molar-refractivity contribution in [3.63, 3.8) is 0 Å². The highest BCUT2D eigenvalue weighted by atomic mass is 32.1. The Labute approximate surface area is 172 Å². The maximum Gasteiger partial charge on any atom is 0.257 e. The molecular weight excluding hydrogens is 384 g/mol. The lowest BCUT2D eigenvalue weighted by Gasteiger charge is -2.04. The molecule has 2 heterocycles. The van der Waals surface area contributed by atoms with Crippen LogP contribution in [0.5, 0.6) is 0 Å². The molecule has 7 nitrogen and oxygen atoms in total. The molecule has 0 aliphatic carbocycles. The standard InChI is InChI=1S/C21H20N6OS/c1-12-6-5-7-17(10-12)27-15(4)18(24-26-27)19-22-21(29-25-19)23-20(28)16-9-8-13(2)14(3)11-16/h5-11H,1-4H3,(H,22,23,25,28). The Bertz CT molecular complexity index is 1210. The number of amides is 1. The summed E-state index contributed by atoms with van der Waals surface area (Å²) in [6, 6.07) is 13.6. The quantitative estimate of drug-likeness (QED) is 0.549. The number of aromatic nitrogens is 5. The molecule has 146 valence electrons. The van der Waals surface area contributed by atoms with Gasteiger partial charge in [-0.15, -0.1) is 5.10 Å². The number of rotatable bonds is 4. The third-order valence-electron chi connectivity index (χ3n) is 4.77. The highest BCUT2D eigenvalue weighted by molar-refractivity contribution is 7.10. The third kappa shape index (κ3) is 3.79. The van der Waals surface area contributed by atoms with Gasteiger partial charge in [0.15, 0.2) is 11.5 Å². The fraction of sp³-hybridized carbons (Fsp3) is 0.190. The normalized spacial score (nSPS) is 10.9. The summed E-state index contributed by atoms with van der Waals surface area (Å²) in [6.45, 7) is 7.95. The van der Waals surface area contributed by atoms with Crippen LogP contribution in [0, 0.1) is 27.7 Å². The summed E-state index contributed by atoms with van der Waals surface area (Å²) in [6.07, 6.45) is 0. The Hall–Kier alpha value is -3.39. The van der Waals surface area contributed by atoms with Crippen molar-refractivity contribution < 1.29 is 4.79 Å². The first-order valence-corrected chi connectivity index (χ1v) is 9.92. The van der Waals surface area contributed by atoms with Crippen LogP contribution in [0.2, 0.25) is 0 Å². The van der Waals surface area contributed by atoms with Crippen molar-refractivity contribution in [2.24, 2.45) is 0 Å². The average Bonchev–Trinajstić information content (AvgIpc) is 3.30. The highest BCUT2D eigenvalue weighted by Crippen LogP contribution is 2.24. The van der Waals surface area contributed by atoms with Crippen molar-refractivity contribution in [3.8, 4) is 17.2 Å². The number of hydrogen-bond acceptors (Lipinski definition) is 6. The van der Waals surface area contributed by atoms with E-state index in [2.05, 4.69) is 25.0 Å². The summed E-state index contributed by atoms with van der Waals surface area (Å²) < 4.78 is 6.11. The van der Waals surface area contributed by atoms with E-state index in [0.717, 1.165) is 39.6 Å². The van der Waals surface area contributed by atoms with E-state index in [9.17, 15) is 4.79 Å². The number of aryl methyl sites for hydroxylation is 3. The molecule has 0 aliphatic rings. The van der Waals surface area contributed by atoms with Crippen LogP contribution in [0.4, 0.5) is 5.13 Å². The lowest BCUT2D eigenvalue weighted by molar-refractivity contribution is 0.102. The van der Waals surface area contributed by atoms with Gasteiger partial charge < -0.3 is 0 Å². The summed E-state index contributed by atoms with van der Waals surface area (Å²) in [4.78, 5) is 16.9. The molecule has 4 rings (SSSR count). The smallest absolute Gasteiger partial charge is 0.257 e. The van der Waals surface area contributed by atoms with Crippen molar-refractivity contribution in [2.45, 2.75) is 27.7 Å². The summed E-state index contributed by atoms with van der Waals surface area (Å²) >= 11 is 1.12. The molecule has 0 spiro atoms. The lowest BCUT2D eigenvalue weighted by atomic mass is 10.1. The first-order valence-electron chi connectivity index (χ1n) is 9.14. The predicted octanol–water partition coefficient (Wildman–Crippen LogP) is 4.27. The van der Waals surface area contributed by atoms with Crippen LogP contribution in [0.25, 0.3) is 17.2 Å². The van der Waals surface area contributed by atoms with Crippen LogP contribution >= 0.6 is 11.5 Å². The first-order chi connectivity index (χ1) is 13.9. The zero-order valence-corrected chi connectivity index (χ0v) is 17.4. The van der Waals surface area contributed by atoms with Gasteiger partial charge in [-0.3, -0.25) is 10.1 Å². The fourth-order valence-electron chi connectivity index (χ4n) is 2.96. The number of hydrogen-bond donors (Lipinski definition) is 1. The van der Waals surface area contributed by atoms with Gasteiger partial charge in [0.2, 0.25) is 5.13 Å². The monoisotopic (exact) mass is 404 g/mol. The van der Waals surface area contributed by atoms with Gasteiger partial charge in [0.25, 0.3) is 5.91 Å². The molecule has 2 aromatic heterocycles. The second-order valence-electron chi connectivity index (χ2n) is 6.95. The lowest BCUT2D eigenvalue weighted by Crippen LogP contribution is -2.12. The average molecular weight is 404 g/mol. The number of carbonyl (C=O) groups excluding carboxylic acids is 1. The predicted molar refractivity (Wildman–Crippen MR) is 114 cm³/mol. The molecule has 2 aromatic carbocycles. The molecule has 1 amide bonds. The van der Waals surface area contributed by atoms with Gasteiger partial charge in [0.1, 0.15) is 0 Å². The van der Waals surface area contributed by atoms with Gasteiger partial charge in [-0.1, -0.05) is 23.4 Å². The molecule has 0 fully saturated rings. The second-order valence-corrected chi connectivity index (χ2v) is 7.70. The highest BCUT2D eigenvalue weighted by Gasteiger charge is 2.18. The van der Waals surface area contributed by atoms with Gasteiger partial charge >= 0.3 is 0 Å². The molecule has 0 saturated carbocycles. The van der Waals surface area contributed by atoms with E-state index >= 15 is 0 Å². The fourth-order valence-corrected chi connectivity index (χ4v) is 3.53. The Morgan fingerprint density at radius 2 is 1.86 bits per heavy atom. The zero-order valence-electron chi connectivity index (χ0n) is 16.6. The van der Waals surface area contributed by atoms with Crippen molar-refractivity contribution in [2.75, 3.05) is 5.32 Å². The summed E-state index contributed by atoms with van der Waals surface area (Å²) in [7, 11) is 0. The van der Waals surface area contributed by atoms with Gasteiger partial charge in [0.05, 0.1) is 11.4 Å². The number of anilines is 1. The molecule has 8 heteroatoms. The van der Waals surface area contributed by atoms with E-state index in [1.807, 2.05) is 64.1 Å². The number of benzene rings is 2. The Morgan fingerprint density at radius 3 is 2.62 bits per heavy atom. The SMILES string of the molecule is Cc1cccc(-n2nnc(-c3nsc(NC(=O)c4ccc(C)c(C)c4)n3)c2C)c1. The topological polar surface area (TPSA) is 85.6 Å². The van der Waals surface area contributed by atoms with E-state index in [-0.39, 0.29) is 5.91 Å². The largest absolute Gasteiger partial charge is 0.297 e. The number of nitrogens with zero attached hydrogens (tertiary/aromatic N) is 5. The Morgan fingerprint density at radius 1 is 1.03 bits per heavy atom. The van der Waals surface area contributed by atoms with E-state index in [1.54, 1.807) is 10.7 Å². The summed E-state index contributed by atoms with van der Waals surface area (Å²) in [5.41, 5.74) is 6.30. The summed E-state index contributed by atoms with van der Waals surface area (Å²) in [5, 5.41) is 11.7. The van der Waals surface area contributed by atoms with Crippen LogP contribution in [0.3, 0.4) is 0 Å². The zero-order chi connectivity index (χ0) is 20.5. The number of carbonyl (C=O) groups is 1. The molecule has 0 saturated heterocycles. The molecular formula is C21H20N6OS. The molecule has 0 radical (unpaired) electrons. The van der Waals surface area contributed by atoms with Gasteiger partial charge in [0, 0.05) is 17.1 Å². The second kappa shape index (κ2) is 7.56. The molecule has 0 aliphatic heterocycles. The number of nitrogens with one attached hydrogen (secondary N) is 1. The molecule has 0 bridgehead atoms.